The molecule has 30 heavy (non-hydrogen) atoms. The Morgan fingerprint density at radius 3 is 2.20 bits per heavy atom. The molecule has 0 radical (unpaired) electrons. The van der Waals surface area contributed by atoms with Crippen LogP contribution in [0.4, 0.5) is 18.0 Å². The summed E-state index contributed by atoms with van der Waals surface area (Å²) < 4.78 is 46.4. The van der Waals surface area contributed by atoms with Gasteiger partial charge >= 0.3 is 12.5 Å². The smallest absolute Gasteiger partial charge is 0.445 e. The molecule has 2 aliphatic heterocycles. The van der Waals surface area contributed by atoms with E-state index in [0.29, 0.717) is 18.4 Å². The van der Waals surface area contributed by atoms with E-state index in [4.69, 9.17) is 4.74 Å². The average Bonchev–Trinajstić information content (AvgIpc) is 2.98. The monoisotopic (exact) mass is 421 g/mol. The maximum absolute atomic E-state index is 12.7. The fraction of sp³-hybridized carbons (Fsp3) is 0.409. The molecule has 1 N–H and O–H groups in total. The standard InChI is InChI=1S/C22H22F3NO4/c23-22(24,25)30-19-10-6-16(7-11-19)21(28)12-17-8-9-18(13-21)26(17)20(27)29-14-15-4-2-1-3-5-15/h1-7,10-11,17-18,28H,8-9,12-14H2. The minimum absolute atomic E-state index is 0.178. The molecule has 2 bridgehead atoms. The topological polar surface area (TPSA) is 59.0 Å². The molecule has 2 aromatic carbocycles. The third-order valence-electron chi connectivity index (χ3n) is 5.81. The van der Waals surface area contributed by atoms with Crippen LogP contribution in [0.15, 0.2) is 54.6 Å². The molecule has 0 spiro atoms. The Labute approximate surface area is 172 Å². The number of aliphatic hydroxyl groups is 1. The maximum atomic E-state index is 12.7. The van der Waals surface area contributed by atoms with Crippen LogP contribution in [0, 0.1) is 0 Å². The van der Waals surface area contributed by atoms with Crippen LogP contribution >= 0.6 is 0 Å². The van der Waals surface area contributed by atoms with Crippen molar-refractivity contribution in [2.24, 2.45) is 0 Å². The number of amides is 1. The minimum Gasteiger partial charge on any atom is -0.445 e. The second-order valence-corrected chi connectivity index (χ2v) is 7.84. The van der Waals surface area contributed by atoms with Crippen molar-refractivity contribution in [1.82, 2.24) is 4.90 Å². The van der Waals surface area contributed by atoms with Gasteiger partial charge in [0.25, 0.3) is 0 Å². The van der Waals surface area contributed by atoms with E-state index in [-0.39, 0.29) is 24.4 Å². The molecule has 160 valence electrons. The molecule has 2 fully saturated rings. The van der Waals surface area contributed by atoms with Gasteiger partial charge < -0.3 is 19.5 Å². The van der Waals surface area contributed by atoms with E-state index in [1.54, 1.807) is 4.90 Å². The van der Waals surface area contributed by atoms with Gasteiger partial charge in [-0.1, -0.05) is 42.5 Å². The van der Waals surface area contributed by atoms with Crippen molar-refractivity contribution in [2.75, 3.05) is 0 Å². The molecule has 2 unspecified atom stereocenters. The van der Waals surface area contributed by atoms with Gasteiger partial charge in [0, 0.05) is 24.9 Å². The number of ether oxygens (including phenoxy) is 2. The summed E-state index contributed by atoms with van der Waals surface area (Å²) in [5, 5.41) is 11.2. The summed E-state index contributed by atoms with van der Waals surface area (Å²) in [5.41, 5.74) is 0.206. The number of carbonyl (C=O) groups excluding carboxylic acids is 1. The van der Waals surface area contributed by atoms with Crippen LogP contribution < -0.4 is 4.74 Å². The van der Waals surface area contributed by atoms with Crippen molar-refractivity contribution >= 4 is 6.09 Å². The third-order valence-corrected chi connectivity index (χ3v) is 5.81. The van der Waals surface area contributed by atoms with E-state index < -0.39 is 18.1 Å². The lowest BCUT2D eigenvalue weighted by Crippen LogP contribution is -2.52. The molecule has 0 aromatic heterocycles. The second kappa shape index (κ2) is 7.83. The molecule has 2 saturated heterocycles. The molecule has 2 atom stereocenters. The summed E-state index contributed by atoms with van der Waals surface area (Å²) in [6.07, 6.45) is -3.04. The van der Waals surface area contributed by atoms with E-state index in [0.717, 1.165) is 18.4 Å². The van der Waals surface area contributed by atoms with Crippen molar-refractivity contribution in [3.8, 4) is 5.75 Å². The molecule has 4 rings (SSSR count). The highest BCUT2D eigenvalue weighted by Gasteiger charge is 2.50. The molecule has 2 heterocycles. The predicted octanol–water partition coefficient (Wildman–Crippen LogP) is 4.74. The van der Waals surface area contributed by atoms with Gasteiger partial charge in [0.15, 0.2) is 0 Å². The number of hydrogen-bond donors (Lipinski definition) is 1. The number of halogens is 3. The highest BCUT2D eigenvalue weighted by Crippen LogP contribution is 2.46. The number of rotatable bonds is 4. The number of carbonyl (C=O) groups is 1. The van der Waals surface area contributed by atoms with Gasteiger partial charge in [-0.25, -0.2) is 4.79 Å². The van der Waals surface area contributed by atoms with Crippen molar-refractivity contribution in [3.05, 3.63) is 65.7 Å². The van der Waals surface area contributed by atoms with Crippen LogP contribution in [-0.2, 0) is 16.9 Å². The van der Waals surface area contributed by atoms with E-state index in [9.17, 15) is 23.1 Å². The zero-order valence-electron chi connectivity index (χ0n) is 16.1. The Kier molecular flexibility index (Phi) is 5.36. The Morgan fingerprint density at radius 1 is 1.03 bits per heavy atom. The first kappa shape index (κ1) is 20.5. The van der Waals surface area contributed by atoms with Crippen LogP contribution in [0.1, 0.15) is 36.8 Å². The molecule has 1 amide bonds. The fourth-order valence-electron chi connectivity index (χ4n) is 4.52. The minimum atomic E-state index is -4.76. The summed E-state index contributed by atoms with van der Waals surface area (Å²) >= 11 is 0. The van der Waals surface area contributed by atoms with Crippen molar-refractivity contribution in [1.29, 1.82) is 0 Å². The average molecular weight is 421 g/mol. The first-order chi connectivity index (χ1) is 14.2. The molecule has 0 aliphatic carbocycles. The molecule has 0 saturated carbocycles. The summed E-state index contributed by atoms with van der Waals surface area (Å²) in [6.45, 7) is 0.181. The Bertz CT molecular complexity index is 872. The largest absolute Gasteiger partial charge is 0.573 e. The van der Waals surface area contributed by atoms with Crippen molar-refractivity contribution in [2.45, 2.75) is 56.3 Å². The first-order valence-electron chi connectivity index (χ1n) is 9.81. The molecule has 8 heteroatoms. The normalized spacial score (nSPS) is 25.8. The fourth-order valence-corrected chi connectivity index (χ4v) is 4.52. The van der Waals surface area contributed by atoms with Crippen LogP contribution in [0.3, 0.4) is 0 Å². The Hall–Kier alpha value is -2.74. The molecule has 5 nitrogen and oxygen atoms in total. The number of nitrogens with zero attached hydrogens (tertiary/aromatic N) is 1. The van der Waals surface area contributed by atoms with Gasteiger partial charge in [-0.2, -0.15) is 0 Å². The lowest BCUT2D eigenvalue weighted by atomic mass is 9.80. The van der Waals surface area contributed by atoms with Crippen LogP contribution in [0.25, 0.3) is 0 Å². The number of alkyl halides is 3. The van der Waals surface area contributed by atoms with Crippen LogP contribution in [0.2, 0.25) is 0 Å². The highest BCUT2D eigenvalue weighted by atomic mass is 19.4. The van der Waals surface area contributed by atoms with Gasteiger partial charge in [-0.15, -0.1) is 13.2 Å². The second-order valence-electron chi connectivity index (χ2n) is 7.84. The van der Waals surface area contributed by atoms with Crippen molar-refractivity contribution in [3.63, 3.8) is 0 Å². The van der Waals surface area contributed by atoms with Crippen molar-refractivity contribution < 1.29 is 32.5 Å². The lowest BCUT2D eigenvalue weighted by molar-refractivity contribution is -0.274. The molecule has 2 aromatic rings. The van der Waals surface area contributed by atoms with Crippen LogP contribution in [0.5, 0.6) is 5.75 Å². The lowest BCUT2D eigenvalue weighted by Gasteiger charge is -2.43. The van der Waals surface area contributed by atoms with Gasteiger partial charge in [-0.05, 0) is 36.1 Å². The molecular weight excluding hydrogens is 399 g/mol. The Balaban J connectivity index is 1.42. The summed E-state index contributed by atoms with van der Waals surface area (Å²) in [7, 11) is 0. The third kappa shape index (κ3) is 4.38. The van der Waals surface area contributed by atoms with Gasteiger partial charge in [-0.3, -0.25) is 0 Å². The summed E-state index contributed by atoms with van der Waals surface area (Å²) in [4.78, 5) is 14.4. The van der Waals surface area contributed by atoms with Crippen LogP contribution in [-0.4, -0.2) is 34.5 Å². The first-order valence-corrected chi connectivity index (χ1v) is 9.81. The van der Waals surface area contributed by atoms with E-state index >= 15 is 0 Å². The summed E-state index contributed by atoms with van der Waals surface area (Å²) in [6, 6.07) is 14.3. The van der Waals surface area contributed by atoms with E-state index in [2.05, 4.69) is 4.74 Å². The zero-order chi connectivity index (χ0) is 21.4. The highest BCUT2D eigenvalue weighted by molar-refractivity contribution is 5.69. The number of piperidine rings is 1. The predicted molar refractivity (Wildman–Crippen MR) is 102 cm³/mol. The van der Waals surface area contributed by atoms with Gasteiger partial charge in [0.2, 0.25) is 0 Å². The molecular formula is C22H22F3NO4. The summed E-state index contributed by atoms with van der Waals surface area (Å²) in [5.74, 6) is -0.334. The number of fused-ring (bicyclic) bond motifs is 2. The molecule has 2 aliphatic rings. The van der Waals surface area contributed by atoms with E-state index in [1.165, 1.54) is 24.3 Å². The van der Waals surface area contributed by atoms with Gasteiger partial charge in [0.05, 0.1) is 5.60 Å². The zero-order valence-corrected chi connectivity index (χ0v) is 16.1. The SMILES string of the molecule is O=C(OCc1ccccc1)N1C2CCC1CC(O)(c1ccc(OC(F)(F)F)cc1)C2. The maximum Gasteiger partial charge on any atom is 0.573 e. The quantitative estimate of drug-likeness (QED) is 0.775. The Morgan fingerprint density at radius 2 is 1.63 bits per heavy atom. The number of benzene rings is 2. The number of hydrogen-bond acceptors (Lipinski definition) is 4. The van der Waals surface area contributed by atoms with Gasteiger partial charge in [0.1, 0.15) is 12.4 Å². The van der Waals surface area contributed by atoms with E-state index in [1.807, 2.05) is 30.3 Å².